The second-order valence-corrected chi connectivity index (χ2v) is 8.39. The van der Waals surface area contributed by atoms with Gasteiger partial charge in [0.2, 0.25) is 5.91 Å². The second-order valence-electron chi connectivity index (χ2n) is 6.94. The number of amides is 1. The first-order chi connectivity index (χ1) is 14.1. The van der Waals surface area contributed by atoms with Crippen molar-refractivity contribution >= 4 is 23.5 Å². The summed E-state index contributed by atoms with van der Waals surface area (Å²) in [7, 11) is 1.64. The van der Waals surface area contributed by atoms with Gasteiger partial charge in [-0.15, -0.1) is 11.8 Å². The molecule has 0 saturated carbocycles. The van der Waals surface area contributed by atoms with Crippen LogP contribution in [0.1, 0.15) is 34.6 Å². The van der Waals surface area contributed by atoms with E-state index in [0.29, 0.717) is 23.9 Å². The van der Waals surface area contributed by atoms with Crippen LogP contribution in [0.25, 0.3) is 0 Å². The molecule has 1 amide bonds. The van der Waals surface area contributed by atoms with Crippen molar-refractivity contribution in [1.82, 2.24) is 10.2 Å². The minimum atomic E-state index is -0.200. The number of thioether (sulfide) groups is 1. The molecule has 150 valence electrons. The Morgan fingerprint density at radius 2 is 1.93 bits per heavy atom. The zero-order valence-electron chi connectivity index (χ0n) is 16.6. The molecule has 0 aliphatic carbocycles. The number of hydrogen-bond acceptors (Lipinski definition) is 5. The molecule has 2 N–H and O–H groups in total. The number of carbonyl (C=O) groups is 1. The molecule has 29 heavy (non-hydrogen) atoms. The van der Waals surface area contributed by atoms with Crippen molar-refractivity contribution in [1.29, 1.82) is 0 Å². The molecule has 0 bridgehead atoms. The fourth-order valence-electron chi connectivity index (χ4n) is 3.35. The highest BCUT2D eigenvalue weighted by atomic mass is 32.2. The van der Waals surface area contributed by atoms with E-state index in [-0.39, 0.29) is 16.4 Å². The molecule has 2 aromatic carbocycles. The molecule has 0 spiro atoms. The number of ether oxygens (including phenoxy) is 2. The van der Waals surface area contributed by atoms with Gasteiger partial charge >= 0.3 is 0 Å². The number of aryl methyl sites for hydroxylation is 1. The molecule has 0 saturated heterocycles. The Kier molecular flexibility index (Phi) is 5.49. The van der Waals surface area contributed by atoms with E-state index < -0.39 is 0 Å². The van der Waals surface area contributed by atoms with Gasteiger partial charge in [0.1, 0.15) is 6.61 Å². The van der Waals surface area contributed by atoms with Crippen LogP contribution in [0.15, 0.2) is 48.5 Å². The average molecular weight is 410 g/mol. The largest absolute Gasteiger partial charge is 0.493 e. The number of aromatic amines is 1. The third-order valence-electron chi connectivity index (χ3n) is 4.94. The summed E-state index contributed by atoms with van der Waals surface area (Å²) in [5, 5.41) is 9.93. The Bertz CT molecular complexity index is 1020. The lowest BCUT2D eigenvalue weighted by Crippen LogP contribution is -2.21. The van der Waals surface area contributed by atoms with Gasteiger partial charge in [-0.2, -0.15) is 5.10 Å². The Morgan fingerprint density at radius 3 is 2.69 bits per heavy atom. The molecule has 4 rings (SSSR count). The van der Waals surface area contributed by atoms with Crippen LogP contribution in [0.4, 0.5) is 5.82 Å². The number of fused-ring (bicyclic) bond motifs is 1. The molecular formula is C22H23N3O3S. The number of hydrogen-bond donors (Lipinski definition) is 2. The number of H-pyrrole nitrogens is 1. The van der Waals surface area contributed by atoms with Gasteiger partial charge in [-0.25, -0.2) is 0 Å². The molecule has 3 aromatic rings. The molecular weight excluding hydrogens is 386 g/mol. The monoisotopic (exact) mass is 409 g/mol. The Hall–Kier alpha value is -2.93. The maximum Gasteiger partial charge on any atom is 0.238 e. The number of aromatic nitrogens is 2. The van der Waals surface area contributed by atoms with E-state index in [1.54, 1.807) is 18.9 Å². The van der Waals surface area contributed by atoms with Crippen molar-refractivity contribution in [2.45, 2.75) is 31.0 Å². The van der Waals surface area contributed by atoms with Crippen molar-refractivity contribution in [2.75, 3.05) is 12.4 Å². The molecule has 1 aromatic heterocycles. The lowest BCUT2D eigenvalue weighted by molar-refractivity contribution is -0.115. The maximum atomic E-state index is 12.3. The van der Waals surface area contributed by atoms with Crippen molar-refractivity contribution in [3.8, 4) is 11.5 Å². The molecule has 1 aliphatic rings. The number of benzene rings is 2. The number of nitrogens with one attached hydrogen (secondary N) is 2. The van der Waals surface area contributed by atoms with Crippen LogP contribution in [0.2, 0.25) is 0 Å². The standard InChI is InChI=1S/C22H23N3O3S/c1-13-19-20(29-14(2)22(26)23-21(19)25-24-13)16-9-10-17(18(11-16)27-3)28-12-15-7-5-4-6-8-15/h4-11,14,20H,12H2,1-3H3,(H2,23,24,25,26)/t14-,20+/m1/s1. The van der Waals surface area contributed by atoms with E-state index in [9.17, 15) is 4.79 Å². The van der Waals surface area contributed by atoms with Crippen LogP contribution in [0.3, 0.4) is 0 Å². The van der Waals surface area contributed by atoms with Gasteiger partial charge in [0.05, 0.1) is 17.6 Å². The highest BCUT2D eigenvalue weighted by molar-refractivity contribution is 8.01. The SMILES string of the molecule is COc1cc([C@@H]2S[C@H](C)C(=O)Nc3n[nH]c(C)c32)ccc1OCc1ccccc1. The summed E-state index contributed by atoms with van der Waals surface area (Å²) < 4.78 is 11.6. The molecule has 0 fully saturated rings. The van der Waals surface area contributed by atoms with Crippen LogP contribution in [0, 0.1) is 6.92 Å². The summed E-state index contributed by atoms with van der Waals surface area (Å²) in [6, 6.07) is 16.0. The van der Waals surface area contributed by atoms with Crippen LogP contribution in [-0.2, 0) is 11.4 Å². The third kappa shape index (κ3) is 3.96. The van der Waals surface area contributed by atoms with E-state index >= 15 is 0 Å². The van der Waals surface area contributed by atoms with E-state index in [2.05, 4.69) is 15.5 Å². The lowest BCUT2D eigenvalue weighted by atomic mass is 10.0. The number of nitrogens with zero attached hydrogens (tertiary/aromatic N) is 1. The molecule has 0 unspecified atom stereocenters. The first-order valence-corrected chi connectivity index (χ1v) is 10.4. The molecule has 2 atom stereocenters. The van der Waals surface area contributed by atoms with Gasteiger partial charge in [0, 0.05) is 11.3 Å². The predicted molar refractivity (Wildman–Crippen MR) is 115 cm³/mol. The van der Waals surface area contributed by atoms with Crippen LogP contribution >= 0.6 is 11.8 Å². The fraction of sp³-hybridized carbons (Fsp3) is 0.273. The summed E-state index contributed by atoms with van der Waals surface area (Å²) >= 11 is 1.60. The van der Waals surface area contributed by atoms with Gasteiger partial charge in [0.25, 0.3) is 0 Å². The number of anilines is 1. The molecule has 7 heteroatoms. The third-order valence-corrected chi connectivity index (χ3v) is 6.34. The minimum absolute atomic E-state index is 0.0416. The average Bonchev–Trinajstić information content (AvgIpc) is 3.04. The minimum Gasteiger partial charge on any atom is -0.493 e. The first kappa shape index (κ1) is 19.4. The van der Waals surface area contributed by atoms with Gasteiger partial charge in [-0.05, 0) is 37.1 Å². The second kappa shape index (κ2) is 8.21. The molecule has 6 nitrogen and oxygen atoms in total. The predicted octanol–water partition coefficient (Wildman–Crippen LogP) is 4.47. The summed E-state index contributed by atoms with van der Waals surface area (Å²) in [6.07, 6.45) is 0. The normalized spacial score (nSPS) is 18.5. The van der Waals surface area contributed by atoms with Crippen molar-refractivity contribution in [3.05, 3.63) is 70.9 Å². The molecule has 2 heterocycles. The lowest BCUT2D eigenvalue weighted by Gasteiger charge is -2.19. The number of methoxy groups -OCH3 is 1. The van der Waals surface area contributed by atoms with Crippen LogP contribution in [-0.4, -0.2) is 28.5 Å². The van der Waals surface area contributed by atoms with Gasteiger partial charge in [-0.3, -0.25) is 9.89 Å². The van der Waals surface area contributed by atoms with Crippen molar-refractivity contribution in [2.24, 2.45) is 0 Å². The maximum absolute atomic E-state index is 12.3. The Balaban J connectivity index is 1.64. The van der Waals surface area contributed by atoms with E-state index in [1.807, 2.05) is 62.4 Å². The Labute approximate surface area is 174 Å². The van der Waals surface area contributed by atoms with Gasteiger partial charge < -0.3 is 14.8 Å². The van der Waals surface area contributed by atoms with Gasteiger partial charge in [0.15, 0.2) is 17.3 Å². The summed E-state index contributed by atoms with van der Waals surface area (Å²) in [5.41, 5.74) is 4.06. The number of carbonyl (C=O) groups excluding carboxylic acids is 1. The topological polar surface area (TPSA) is 76.2 Å². The van der Waals surface area contributed by atoms with Crippen molar-refractivity contribution in [3.63, 3.8) is 0 Å². The zero-order chi connectivity index (χ0) is 20.4. The van der Waals surface area contributed by atoms with Crippen LogP contribution in [0.5, 0.6) is 11.5 Å². The zero-order valence-corrected chi connectivity index (χ0v) is 17.4. The van der Waals surface area contributed by atoms with Gasteiger partial charge in [-0.1, -0.05) is 36.4 Å². The van der Waals surface area contributed by atoms with E-state index in [4.69, 9.17) is 9.47 Å². The molecule has 1 aliphatic heterocycles. The summed E-state index contributed by atoms with van der Waals surface area (Å²) in [5.74, 6) is 1.90. The van der Waals surface area contributed by atoms with Crippen LogP contribution < -0.4 is 14.8 Å². The highest BCUT2D eigenvalue weighted by Crippen LogP contribution is 2.46. The summed E-state index contributed by atoms with van der Waals surface area (Å²) in [6.45, 7) is 4.35. The number of rotatable bonds is 5. The quantitative estimate of drug-likeness (QED) is 0.650. The smallest absolute Gasteiger partial charge is 0.238 e. The van der Waals surface area contributed by atoms with E-state index in [1.165, 1.54) is 0 Å². The van der Waals surface area contributed by atoms with Crippen molar-refractivity contribution < 1.29 is 14.3 Å². The van der Waals surface area contributed by atoms with E-state index in [0.717, 1.165) is 22.4 Å². The molecule has 0 radical (unpaired) electrons. The first-order valence-electron chi connectivity index (χ1n) is 9.42. The Morgan fingerprint density at radius 1 is 1.14 bits per heavy atom. The summed E-state index contributed by atoms with van der Waals surface area (Å²) in [4.78, 5) is 12.3. The highest BCUT2D eigenvalue weighted by Gasteiger charge is 2.32. The fourth-order valence-corrected chi connectivity index (χ4v) is 4.67.